The Morgan fingerprint density at radius 2 is 1.61 bits per heavy atom. The van der Waals surface area contributed by atoms with E-state index >= 15 is 0 Å². The number of aliphatic hydroxyl groups is 1. The number of methoxy groups -OCH3 is 2. The molecule has 1 heterocycles. The number of hydrogen-bond acceptors (Lipinski definition) is 6. The zero-order chi connectivity index (χ0) is 20.4. The number of hydrogen-bond donors (Lipinski definition) is 3. The van der Waals surface area contributed by atoms with Gasteiger partial charge in [-0.05, 0) is 41.8 Å². The van der Waals surface area contributed by atoms with Crippen LogP contribution < -0.4 is 9.47 Å². The normalized spacial score (nSPS) is 21.8. The zero-order valence-electron chi connectivity index (χ0n) is 16.1. The number of phenolic OH excluding ortho intramolecular Hbond substituents is 2. The van der Waals surface area contributed by atoms with Gasteiger partial charge in [-0.15, -0.1) is 0 Å². The summed E-state index contributed by atoms with van der Waals surface area (Å²) in [7, 11) is 4.65. The van der Waals surface area contributed by atoms with Crippen LogP contribution in [0.3, 0.4) is 0 Å². The first-order valence-electron chi connectivity index (χ1n) is 9.01. The van der Waals surface area contributed by atoms with Crippen molar-refractivity contribution in [3.8, 4) is 23.0 Å². The number of nitrogens with zero attached hydrogens (tertiary/aromatic N) is 1. The first-order chi connectivity index (χ1) is 13.4. The van der Waals surface area contributed by atoms with Gasteiger partial charge < -0.3 is 29.7 Å². The Morgan fingerprint density at radius 1 is 1.00 bits per heavy atom. The molecule has 1 fully saturated rings. The van der Waals surface area contributed by atoms with Gasteiger partial charge in [-0.2, -0.15) is 0 Å². The highest BCUT2D eigenvalue weighted by Gasteiger charge is 2.46. The second kappa shape index (κ2) is 7.98. The minimum Gasteiger partial charge on any atom is -0.504 e. The van der Waals surface area contributed by atoms with Crippen LogP contribution in [0.2, 0.25) is 0 Å². The van der Waals surface area contributed by atoms with Crippen LogP contribution in [0.25, 0.3) is 0 Å². The maximum Gasteiger partial charge on any atom is 0.226 e. The fraction of sp³-hybridized carbons (Fsp3) is 0.381. The predicted octanol–water partition coefficient (Wildman–Crippen LogP) is 2.10. The van der Waals surface area contributed by atoms with E-state index in [1.165, 1.54) is 26.4 Å². The van der Waals surface area contributed by atoms with Crippen molar-refractivity contribution in [2.24, 2.45) is 11.8 Å². The lowest BCUT2D eigenvalue weighted by Gasteiger charge is -2.25. The maximum atomic E-state index is 13.0. The topological polar surface area (TPSA) is 99.5 Å². The van der Waals surface area contributed by atoms with E-state index in [9.17, 15) is 20.1 Å². The molecule has 0 unspecified atom stereocenters. The molecule has 1 amide bonds. The monoisotopic (exact) mass is 387 g/mol. The fourth-order valence-electron chi connectivity index (χ4n) is 4.01. The summed E-state index contributed by atoms with van der Waals surface area (Å²) in [5.41, 5.74) is 1.62. The van der Waals surface area contributed by atoms with Crippen molar-refractivity contribution in [2.45, 2.75) is 12.5 Å². The number of ether oxygens (including phenoxy) is 2. The summed E-state index contributed by atoms with van der Waals surface area (Å²) >= 11 is 0. The summed E-state index contributed by atoms with van der Waals surface area (Å²) in [6.45, 7) is -0.163. The Morgan fingerprint density at radius 3 is 2.21 bits per heavy atom. The largest absolute Gasteiger partial charge is 0.504 e. The lowest BCUT2D eigenvalue weighted by molar-refractivity contribution is -0.131. The molecule has 3 N–H and O–H groups in total. The maximum absolute atomic E-state index is 13.0. The van der Waals surface area contributed by atoms with E-state index in [4.69, 9.17) is 9.47 Å². The first-order valence-corrected chi connectivity index (χ1v) is 9.01. The van der Waals surface area contributed by atoms with E-state index in [-0.39, 0.29) is 36.0 Å². The number of benzene rings is 2. The highest BCUT2D eigenvalue weighted by atomic mass is 16.5. The van der Waals surface area contributed by atoms with E-state index in [2.05, 4.69) is 0 Å². The standard InChI is InChI=1S/C21H25NO6/c1-22-20(13-5-7-17(25)19(10-13)28-3)15(11-23)14(21(22)26)8-12-4-6-16(24)18(9-12)27-2/h4-7,9-10,14-15,20,23-25H,8,11H2,1-3H3/t14-,15-,20+/m1/s1. The average molecular weight is 387 g/mol. The van der Waals surface area contributed by atoms with Crippen molar-refractivity contribution >= 4 is 5.91 Å². The van der Waals surface area contributed by atoms with Crippen LogP contribution in [-0.2, 0) is 11.2 Å². The molecule has 0 spiro atoms. The molecule has 150 valence electrons. The van der Waals surface area contributed by atoms with Gasteiger partial charge in [0.15, 0.2) is 23.0 Å². The Balaban J connectivity index is 1.92. The Hall–Kier alpha value is -2.93. The van der Waals surface area contributed by atoms with Gasteiger partial charge in [-0.3, -0.25) is 4.79 Å². The van der Waals surface area contributed by atoms with Gasteiger partial charge in [0.05, 0.1) is 20.3 Å². The molecule has 0 aromatic heterocycles. The van der Waals surface area contributed by atoms with Gasteiger partial charge >= 0.3 is 0 Å². The van der Waals surface area contributed by atoms with Crippen LogP contribution in [0.1, 0.15) is 17.2 Å². The van der Waals surface area contributed by atoms with Crippen LogP contribution in [0, 0.1) is 11.8 Å². The highest BCUT2D eigenvalue weighted by molar-refractivity contribution is 5.82. The molecule has 2 aromatic rings. The van der Waals surface area contributed by atoms with Gasteiger partial charge in [0.2, 0.25) is 5.91 Å². The molecule has 1 saturated heterocycles. The van der Waals surface area contributed by atoms with E-state index in [0.717, 1.165) is 11.1 Å². The lowest BCUT2D eigenvalue weighted by Crippen LogP contribution is -2.25. The molecule has 1 aliphatic heterocycles. The van der Waals surface area contributed by atoms with E-state index < -0.39 is 5.92 Å². The number of carbonyl (C=O) groups is 1. The van der Waals surface area contributed by atoms with E-state index in [1.807, 2.05) is 0 Å². The molecule has 3 rings (SSSR count). The molecular weight excluding hydrogens is 362 g/mol. The van der Waals surface area contributed by atoms with E-state index in [0.29, 0.717) is 17.9 Å². The second-order valence-electron chi connectivity index (χ2n) is 6.99. The molecule has 7 nitrogen and oxygen atoms in total. The number of phenols is 2. The SMILES string of the molecule is COc1cc(C[C@H]2C(=O)N(C)[C@@H](c3ccc(O)c(OC)c3)[C@@H]2CO)ccc1O. The smallest absolute Gasteiger partial charge is 0.226 e. The number of carbonyl (C=O) groups excluding carboxylic acids is 1. The molecule has 0 aliphatic carbocycles. The Kier molecular flexibility index (Phi) is 5.65. The van der Waals surface area contributed by atoms with Gasteiger partial charge in [0.25, 0.3) is 0 Å². The van der Waals surface area contributed by atoms with Crippen molar-refractivity contribution in [1.29, 1.82) is 0 Å². The molecule has 0 radical (unpaired) electrons. The predicted molar refractivity (Wildman–Crippen MR) is 103 cm³/mol. The van der Waals surface area contributed by atoms with Crippen LogP contribution >= 0.6 is 0 Å². The zero-order valence-corrected chi connectivity index (χ0v) is 16.1. The van der Waals surface area contributed by atoms with E-state index in [1.54, 1.807) is 36.2 Å². The summed E-state index contributed by atoms with van der Waals surface area (Å²) in [6.07, 6.45) is 0.413. The summed E-state index contributed by atoms with van der Waals surface area (Å²) in [5, 5.41) is 29.7. The van der Waals surface area contributed by atoms with Crippen molar-refractivity contribution in [1.82, 2.24) is 4.90 Å². The summed E-state index contributed by atoms with van der Waals surface area (Å²) in [6, 6.07) is 9.60. The Bertz CT molecular complexity index is 868. The van der Waals surface area contributed by atoms with Crippen molar-refractivity contribution in [3.05, 3.63) is 47.5 Å². The second-order valence-corrected chi connectivity index (χ2v) is 6.99. The molecule has 1 aliphatic rings. The minimum absolute atomic E-state index is 0.0199. The van der Waals surface area contributed by atoms with Crippen LogP contribution in [0.5, 0.6) is 23.0 Å². The summed E-state index contributed by atoms with van der Waals surface area (Å²) in [4.78, 5) is 14.6. The molecule has 0 saturated carbocycles. The number of likely N-dealkylation sites (tertiary alicyclic amines) is 1. The van der Waals surface area contributed by atoms with Crippen LogP contribution in [0.15, 0.2) is 36.4 Å². The van der Waals surface area contributed by atoms with Gasteiger partial charge in [0.1, 0.15) is 0 Å². The summed E-state index contributed by atoms with van der Waals surface area (Å²) < 4.78 is 10.3. The third kappa shape index (κ3) is 3.45. The van der Waals surface area contributed by atoms with Gasteiger partial charge in [0, 0.05) is 25.5 Å². The number of rotatable bonds is 6. The lowest BCUT2D eigenvalue weighted by atomic mass is 9.83. The fourth-order valence-corrected chi connectivity index (χ4v) is 4.01. The number of aliphatic hydroxyl groups excluding tert-OH is 1. The quantitative estimate of drug-likeness (QED) is 0.702. The van der Waals surface area contributed by atoms with Crippen molar-refractivity contribution in [2.75, 3.05) is 27.9 Å². The van der Waals surface area contributed by atoms with Gasteiger partial charge in [-0.25, -0.2) is 0 Å². The third-order valence-electron chi connectivity index (χ3n) is 5.46. The highest BCUT2D eigenvalue weighted by Crippen LogP contribution is 2.44. The van der Waals surface area contributed by atoms with Crippen molar-refractivity contribution in [3.63, 3.8) is 0 Å². The number of aromatic hydroxyl groups is 2. The molecule has 2 aromatic carbocycles. The van der Waals surface area contributed by atoms with Crippen molar-refractivity contribution < 1.29 is 29.6 Å². The molecule has 7 heteroatoms. The molecule has 28 heavy (non-hydrogen) atoms. The molecule has 0 bridgehead atoms. The van der Waals surface area contributed by atoms with Gasteiger partial charge in [-0.1, -0.05) is 12.1 Å². The third-order valence-corrected chi connectivity index (χ3v) is 5.46. The van der Waals surface area contributed by atoms with Crippen LogP contribution in [0.4, 0.5) is 0 Å². The Labute approximate surface area is 163 Å². The number of amides is 1. The summed E-state index contributed by atoms with van der Waals surface area (Å²) in [5.74, 6) is -0.0949. The average Bonchev–Trinajstić information content (AvgIpc) is 2.94. The van der Waals surface area contributed by atoms with Crippen LogP contribution in [-0.4, -0.2) is 54.0 Å². The minimum atomic E-state index is -0.422. The molecule has 3 atom stereocenters. The first kappa shape index (κ1) is 19.8. The molecular formula is C21H25NO6.